The number of carboxylic acid groups (broad SMARTS) is 4. The topological polar surface area (TPSA) is 207 Å². The van der Waals surface area contributed by atoms with Gasteiger partial charge in [0.15, 0.2) is 0 Å². The Hall–Kier alpha value is -4.74. The minimum absolute atomic E-state index is 0.0121. The zero-order valence-electron chi connectivity index (χ0n) is 18.2. The lowest BCUT2D eigenvalue weighted by Gasteiger charge is -2.10. The zero-order chi connectivity index (χ0) is 26.1. The summed E-state index contributed by atoms with van der Waals surface area (Å²) in [5.74, 6) is -6.28. The third-order valence-corrected chi connectivity index (χ3v) is 4.85. The molecule has 184 valence electrons. The van der Waals surface area contributed by atoms with Crippen molar-refractivity contribution in [3.8, 4) is 0 Å². The number of carboxylic acids is 4. The molecular formula is C23H22N2O10. The molecule has 0 aromatic heterocycles. The molecule has 0 aliphatic heterocycles. The predicted molar refractivity (Wildman–Crippen MR) is 121 cm³/mol. The summed E-state index contributed by atoms with van der Waals surface area (Å²) in [6.45, 7) is 0. The first kappa shape index (κ1) is 26.5. The van der Waals surface area contributed by atoms with Crippen molar-refractivity contribution in [2.24, 2.45) is 0 Å². The molecule has 0 aliphatic carbocycles. The lowest BCUT2D eigenvalue weighted by atomic mass is 10.1. The van der Waals surface area contributed by atoms with Crippen LogP contribution in [0, 0.1) is 0 Å². The average molecular weight is 486 g/mol. The molecule has 2 amide bonds. The second-order valence-electron chi connectivity index (χ2n) is 7.40. The zero-order valence-corrected chi connectivity index (χ0v) is 18.2. The van der Waals surface area contributed by atoms with Crippen molar-refractivity contribution in [2.75, 3.05) is 10.6 Å². The Kier molecular flexibility index (Phi) is 9.04. The van der Waals surface area contributed by atoms with Crippen LogP contribution in [0.15, 0.2) is 36.4 Å². The Labute approximate surface area is 198 Å². The number of anilines is 2. The van der Waals surface area contributed by atoms with E-state index in [1.54, 1.807) is 0 Å². The molecule has 0 bridgehead atoms. The quantitative estimate of drug-likeness (QED) is 0.242. The molecule has 0 atom stereocenters. The average Bonchev–Trinajstić information content (AvgIpc) is 2.78. The van der Waals surface area contributed by atoms with Gasteiger partial charge in [-0.3, -0.25) is 9.59 Å². The van der Waals surface area contributed by atoms with E-state index < -0.39 is 35.7 Å². The molecule has 2 rings (SSSR count). The third-order valence-electron chi connectivity index (χ3n) is 4.85. The third kappa shape index (κ3) is 7.67. The number of carbonyl (C=O) groups is 6. The number of carbonyl (C=O) groups excluding carboxylic acids is 2. The highest BCUT2D eigenvalue weighted by atomic mass is 16.4. The Morgan fingerprint density at radius 1 is 0.543 bits per heavy atom. The van der Waals surface area contributed by atoms with Gasteiger partial charge in [0.2, 0.25) is 11.8 Å². The van der Waals surface area contributed by atoms with Crippen molar-refractivity contribution in [1.82, 2.24) is 0 Å². The Morgan fingerprint density at radius 2 is 0.914 bits per heavy atom. The van der Waals surface area contributed by atoms with Gasteiger partial charge >= 0.3 is 23.9 Å². The van der Waals surface area contributed by atoms with E-state index in [4.69, 9.17) is 10.2 Å². The van der Waals surface area contributed by atoms with E-state index in [1.807, 2.05) is 0 Å². The molecule has 12 nitrogen and oxygen atoms in total. The molecule has 0 saturated heterocycles. The number of nitrogens with one attached hydrogen (secondary N) is 2. The smallest absolute Gasteiger partial charge is 0.337 e. The summed E-state index contributed by atoms with van der Waals surface area (Å²) in [6, 6.07) is 6.51. The molecule has 0 unspecified atom stereocenters. The highest BCUT2D eigenvalue weighted by molar-refractivity contribution is 6.03. The summed E-state index contributed by atoms with van der Waals surface area (Å²) >= 11 is 0. The maximum atomic E-state index is 12.2. The largest absolute Gasteiger partial charge is 0.478 e. The van der Waals surface area contributed by atoms with E-state index >= 15 is 0 Å². The van der Waals surface area contributed by atoms with Crippen molar-refractivity contribution >= 4 is 47.1 Å². The van der Waals surface area contributed by atoms with E-state index in [2.05, 4.69) is 10.6 Å². The van der Waals surface area contributed by atoms with Gasteiger partial charge in [-0.05, 0) is 49.2 Å². The minimum atomic E-state index is -1.33. The molecule has 12 heteroatoms. The lowest BCUT2D eigenvalue weighted by molar-refractivity contribution is -0.116. The molecular weight excluding hydrogens is 464 g/mol. The summed E-state index contributed by atoms with van der Waals surface area (Å²) in [4.78, 5) is 69.1. The van der Waals surface area contributed by atoms with Crippen LogP contribution in [0.2, 0.25) is 0 Å². The first-order valence-corrected chi connectivity index (χ1v) is 10.3. The predicted octanol–water partition coefficient (Wildman–Crippen LogP) is 3.01. The van der Waals surface area contributed by atoms with Gasteiger partial charge in [-0.15, -0.1) is 0 Å². The molecule has 2 aromatic carbocycles. The van der Waals surface area contributed by atoms with Crippen LogP contribution in [-0.4, -0.2) is 56.1 Å². The fraction of sp³-hybridized carbons (Fsp3) is 0.217. The Morgan fingerprint density at radius 3 is 1.23 bits per heavy atom. The summed E-state index contributed by atoms with van der Waals surface area (Å²) < 4.78 is 0. The van der Waals surface area contributed by atoms with Crippen LogP contribution in [0.1, 0.15) is 73.5 Å². The molecule has 0 spiro atoms. The number of aromatic carboxylic acids is 4. The standard InChI is InChI=1S/C23H22N2O10/c26-18(24-16-10-12(20(28)29)6-8-14(16)22(32)33)4-2-1-3-5-19(27)25-17-11-13(21(30)31)7-9-15(17)23(34)35/h6-11H,1-5H2,(H,24,26)(H,25,27)(H,28,29)(H,30,31)(H,32,33)(H,34,35). The normalized spacial score (nSPS) is 10.3. The van der Waals surface area contributed by atoms with Gasteiger partial charge in [0.1, 0.15) is 0 Å². The van der Waals surface area contributed by atoms with Gasteiger partial charge < -0.3 is 31.1 Å². The first-order chi connectivity index (χ1) is 16.5. The van der Waals surface area contributed by atoms with E-state index in [1.165, 1.54) is 0 Å². The van der Waals surface area contributed by atoms with Crippen molar-refractivity contribution in [1.29, 1.82) is 0 Å². The Balaban J connectivity index is 1.85. The summed E-state index contributed by atoms with van der Waals surface area (Å²) in [5.41, 5.74) is -1.16. The first-order valence-electron chi connectivity index (χ1n) is 10.3. The highest BCUT2D eigenvalue weighted by Crippen LogP contribution is 2.20. The number of benzene rings is 2. The van der Waals surface area contributed by atoms with Crippen molar-refractivity contribution in [3.63, 3.8) is 0 Å². The van der Waals surface area contributed by atoms with Crippen molar-refractivity contribution in [2.45, 2.75) is 32.1 Å². The molecule has 6 N–H and O–H groups in total. The fourth-order valence-electron chi connectivity index (χ4n) is 3.11. The summed E-state index contributed by atoms with van der Waals surface area (Å²) in [5, 5.41) is 41.3. The maximum Gasteiger partial charge on any atom is 0.337 e. The van der Waals surface area contributed by atoms with Crippen LogP contribution in [0.25, 0.3) is 0 Å². The molecule has 0 radical (unpaired) electrons. The summed E-state index contributed by atoms with van der Waals surface area (Å²) in [7, 11) is 0. The second kappa shape index (κ2) is 11.9. The van der Waals surface area contributed by atoms with E-state index in [0.717, 1.165) is 36.4 Å². The second-order valence-corrected chi connectivity index (χ2v) is 7.40. The lowest BCUT2D eigenvalue weighted by Crippen LogP contribution is -2.16. The van der Waals surface area contributed by atoms with Crippen molar-refractivity contribution < 1.29 is 49.2 Å². The maximum absolute atomic E-state index is 12.2. The molecule has 0 fully saturated rings. The SMILES string of the molecule is O=C(CCCCCC(=O)Nc1cc(C(=O)O)ccc1C(=O)O)Nc1cc(C(=O)O)ccc1C(=O)O. The van der Waals surface area contributed by atoms with Gasteiger partial charge in [-0.1, -0.05) is 6.42 Å². The van der Waals surface area contributed by atoms with Crippen LogP contribution >= 0.6 is 0 Å². The van der Waals surface area contributed by atoms with Gasteiger partial charge in [0.05, 0.1) is 33.6 Å². The monoisotopic (exact) mass is 486 g/mol. The Bertz CT molecular complexity index is 1100. The van der Waals surface area contributed by atoms with Crippen molar-refractivity contribution in [3.05, 3.63) is 58.7 Å². The number of unbranched alkanes of at least 4 members (excludes halogenated alkanes) is 2. The van der Waals surface area contributed by atoms with Crippen LogP contribution < -0.4 is 10.6 Å². The van der Waals surface area contributed by atoms with Gasteiger partial charge in [-0.2, -0.15) is 0 Å². The molecule has 0 aliphatic rings. The molecule has 35 heavy (non-hydrogen) atoms. The highest BCUT2D eigenvalue weighted by Gasteiger charge is 2.17. The van der Waals surface area contributed by atoms with Gasteiger partial charge in [0, 0.05) is 12.8 Å². The number of amides is 2. The van der Waals surface area contributed by atoms with Crippen LogP contribution in [0.4, 0.5) is 11.4 Å². The van der Waals surface area contributed by atoms with Crippen LogP contribution in [-0.2, 0) is 9.59 Å². The fourth-order valence-corrected chi connectivity index (χ4v) is 3.11. The van der Waals surface area contributed by atoms with Crippen LogP contribution in [0.3, 0.4) is 0 Å². The van der Waals surface area contributed by atoms with E-state index in [9.17, 15) is 39.0 Å². The molecule has 0 saturated carbocycles. The number of hydrogen-bond donors (Lipinski definition) is 6. The van der Waals surface area contributed by atoms with E-state index in [-0.39, 0.29) is 46.5 Å². The molecule has 2 aromatic rings. The number of rotatable bonds is 12. The van der Waals surface area contributed by atoms with Gasteiger partial charge in [-0.25, -0.2) is 19.2 Å². The molecule has 0 heterocycles. The van der Waals surface area contributed by atoms with E-state index in [0.29, 0.717) is 19.3 Å². The number of hydrogen-bond acceptors (Lipinski definition) is 6. The van der Waals surface area contributed by atoms with Crippen LogP contribution in [0.5, 0.6) is 0 Å². The van der Waals surface area contributed by atoms with Gasteiger partial charge in [0.25, 0.3) is 0 Å². The summed E-state index contributed by atoms with van der Waals surface area (Å²) in [6.07, 6.45) is 1.09. The minimum Gasteiger partial charge on any atom is -0.478 e.